The Hall–Kier alpha value is -1.14. The predicted octanol–water partition coefficient (Wildman–Crippen LogP) is 1.88. The van der Waals surface area contributed by atoms with E-state index >= 15 is 0 Å². The number of hydrogen-bond donors (Lipinski definition) is 2. The lowest BCUT2D eigenvalue weighted by Crippen LogP contribution is -2.29. The molecule has 0 aliphatic heterocycles. The van der Waals surface area contributed by atoms with Gasteiger partial charge in [0.25, 0.3) is 0 Å². The van der Waals surface area contributed by atoms with Crippen molar-refractivity contribution in [2.75, 3.05) is 0 Å². The molecular weight excluding hydrogens is 214 g/mol. The van der Waals surface area contributed by atoms with Crippen LogP contribution in [0.2, 0.25) is 0 Å². The summed E-state index contributed by atoms with van der Waals surface area (Å²) in [5, 5.41) is 8.77. The summed E-state index contributed by atoms with van der Waals surface area (Å²) < 4.78 is 49.4. The Bertz CT molecular complexity index is 350. The molecule has 0 aromatic heterocycles. The summed E-state index contributed by atoms with van der Waals surface area (Å²) in [6.07, 6.45) is -4.61. The minimum absolute atomic E-state index is 0.153. The quantitative estimate of drug-likeness (QED) is 0.752. The van der Waals surface area contributed by atoms with E-state index in [0.29, 0.717) is 0 Å². The zero-order chi connectivity index (χ0) is 11.6. The van der Waals surface area contributed by atoms with Gasteiger partial charge in [0.2, 0.25) is 0 Å². The van der Waals surface area contributed by atoms with Gasteiger partial charge in [-0.1, -0.05) is 6.07 Å². The van der Waals surface area contributed by atoms with Crippen molar-refractivity contribution in [1.29, 1.82) is 0 Å². The van der Waals surface area contributed by atoms with Gasteiger partial charge < -0.3 is 10.8 Å². The van der Waals surface area contributed by atoms with E-state index in [9.17, 15) is 17.6 Å². The lowest BCUT2D eigenvalue weighted by atomic mass is 10.0. The van der Waals surface area contributed by atoms with E-state index in [4.69, 9.17) is 10.8 Å². The average Bonchev–Trinajstić information content (AvgIpc) is 2.15. The molecule has 6 heteroatoms. The van der Waals surface area contributed by atoms with Crippen LogP contribution in [0, 0.1) is 5.82 Å². The molecule has 0 aliphatic rings. The molecule has 1 atom stereocenters. The predicted molar refractivity (Wildman–Crippen MR) is 45.3 cm³/mol. The third-order valence-corrected chi connectivity index (χ3v) is 1.96. The van der Waals surface area contributed by atoms with Gasteiger partial charge in [-0.3, -0.25) is 0 Å². The maximum atomic E-state index is 12.7. The highest BCUT2D eigenvalue weighted by Gasteiger charge is 2.38. The minimum Gasteiger partial charge on any atom is -0.392 e. The zero-order valence-corrected chi connectivity index (χ0v) is 7.55. The molecule has 0 bridgehead atoms. The summed E-state index contributed by atoms with van der Waals surface area (Å²) in [7, 11) is 0. The SMILES string of the molecule is N[C@@H](c1ccc(F)cc1CO)C(F)(F)F. The number of rotatable bonds is 2. The second kappa shape index (κ2) is 4.16. The van der Waals surface area contributed by atoms with E-state index in [1.807, 2.05) is 0 Å². The Morgan fingerprint density at radius 3 is 2.40 bits per heavy atom. The standard InChI is InChI=1S/C9H9F4NO/c10-6-1-2-7(5(3-6)4-15)8(14)9(11,12)13/h1-3,8,15H,4,14H2/t8-/m0/s1. The summed E-state index contributed by atoms with van der Waals surface area (Å²) in [5.41, 5.74) is 4.47. The van der Waals surface area contributed by atoms with E-state index in [1.165, 1.54) is 0 Å². The van der Waals surface area contributed by atoms with E-state index < -0.39 is 24.6 Å². The lowest BCUT2D eigenvalue weighted by molar-refractivity contribution is -0.149. The average molecular weight is 223 g/mol. The molecule has 1 rings (SSSR count). The molecule has 0 unspecified atom stereocenters. The number of alkyl halides is 3. The minimum atomic E-state index is -4.61. The summed E-state index contributed by atoms with van der Waals surface area (Å²) in [5.74, 6) is -0.711. The first-order valence-electron chi connectivity index (χ1n) is 4.07. The van der Waals surface area contributed by atoms with Crippen molar-refractivity contribution in [2.45, 2.75) is 18.8 Å². The molecule has 0 heterocycles. The molecular formula is C9H9F4NO. The highest BCUT2D eigenvalue weighted by Crippen LogP contribution is 2.32. The van der Waals surface area contributed by atoms with Crippen LogP contribution in [0.5, 0.6) is 0 Å². The second-order valence-corrected chi connectivity index (χ2v) is 3.02. The van der Waals surface area contributed by atoms with Gasteiger partial charge >= 0.3 is 6.18 Å². The molecule has 0 fully saturated rings. The summed E-state index contributed by atoms with van der Waals surface area (Å²) in [4.78, 5) is 0. The number of aliphatic hydroxyl groups is 1. The Morgan fingerprint density at radius 2 is 1.93 bits per heavy atom. The number of hydrogen-bond acceptors (Lipinski definition) is 2. The van der Waals surface area contributed by atoms with Crippen LogP contribution in [0.25, 0.3) is 0 Å². The fourth-order valence-corrected chi connectivity index (χ4v) is 1.19. The van der Waals surface area contributed by atoms with E-state index in [2.05, 4.69) is 0 Å². The third kappa shape index (κ3) is 2.66. The summed E-state index contributed by atoms with van der Waals surface area (Å²) >= 11 is 0. The first-order valence-corrected chi connectivity index (χ1v) is 4.07. The van der Waals surface area contributed by atoms with Crippen molar-refractivity contribution in [1.82, 2.24) is 0 Å². The molecule has 15 heavy (non-hydrogen) atoms. The van der Waals surface area contributed by atoms with Gasteiger partial charge in [0.1, 0.15) is 11.9 Å². The molecule has 3 N–H and O–H groups in total. The van der Waals surface area contributed by atoms with Crippen LogP contribution in [0.1, 0.15) is 17.2 Å². The number of nitrogens with two attached hydrogens (primary N) is 1. The Kier molecular flexibility index (Phi) is 3.31. The first-order chi connectivity index (χ1) is 6.86. The van der Waals surface area contributed by atoms with Crippen LogP contribution in [0.3, 0.4) is 0 Å². The van der Waals surface area contributed by atoms with E-state index in [0.717, 1.165) is 18.2 Å². The molecule has 1 aromatic carbocycles. The molecule has 0 spiro atoms. The number of halogens is 4. The largest absolute Gasteiger partial charge is 0.407 e. The van der Waals surface area contributed by atoms with Crippen molar-refractivity contribution >= 4 is 0 Å². The van der Waals surface area contributed by atoms with Crippen molar-refractivity contribution in [3.05, 3.63) is 35.1 Å². The second-order valence-electron chi connectivity index (χ2n) is 3.02. The summed E-state index contributed by atoms with van der Waals surface area (Å²) in [6.45, 7) is -0.684. The molecule has 0 radical (unpaired) electrons. The van der Waals surface area contributed by atoms with Crippen molar-refractivity contribution < 1.29 is 22.7 Å². The molecule has 0 amide bonds. The maximum Gasteiger partial charge on any atom is 0.407 e. The number of aliphatic hydroxyl groups excluding tert-OH is 1. The molecule has 2 nitrogen and oxygen atoms in total. The van der Waals surface area contributed by atoms with Gasteiger partial charge in [0.15, 0.2) is 0 Å². The van der Waals surface area contributed by atoms with Gasteiger partial charge in [-0.2, -0.15) is 13.2 Å². The van der Waals surface area contributed by atoms with E-state index in [1.54, 1.807) is 0 Å². The third-order valence-electron chi connectivity index (χ3n) is 1.96. The van der Waals surface area contributed by atoms with Gasteiger partial charge in [0, 0.05) is 0 Å². The fourth-order valence-electron chi connectivity index (χ4n) is 1.19. The van der Waals surface area contributed by atoms with Gasteiger partial charge in [-0.15, -0.1) is 0 Å². The van der Waals surface area contributed by atoms with Crippen LogP contribution in [-0.4, -0.2) is 11.3 Å². The summed E-state index contributed by atoms with van der Waals surface area (Å²) in [6, 6.07) is 0.431. The maximum absolute atomic E-state index is 12.7. The molecule has 0 saturated heterocycles. The van der Waals surface area contributed by atoms with Crippen LogP contribution < -0.4 is 5.73 Å². The molecule has 0 saturated carbocycles. The highest BCUT2D eigenvalue weighted by molar-refractivity contribution is 5.30. The van der Waals surface area contributed by atoms with Crippen LogP contribution in [0.15, 0.2) is 18.2 Å². The molecule has 84 valence electrons. The highest BCUT2D eigenvalue weighted by atomic mass is 19.4. The normalized spacial score (nSPS) is 14.0. The Labute approximate surface area is 83.3 Å². The van der Waals surface area contributed by atoms with Gasteiger partial charge in [0.05, 0.1) is 6.61 Å². The Morgan fingerprint density at radius 1 is 1.33 bits per heavy atom. The molecule has 0 aliphatic carbocycles. The van der Waals surface area contributed by atoms with Crippen LogP contribution >= 0.6 is 0 Å². The number of benzene rings is 1. The fraction of sp³-hybridized carbons (Fsp3) is 0.333. The smallest absolute Gasteiger partial charge is 0.392 e. The van der Waals surface area contributed by atoms with Crippen molar-refractivity contribution in [3.63, 3.8) is 0 Å². The lowest BCUT2D eigenvalue weighted by Gasteiger charge is -2.18. The van der Waals surface area contributed by atoms with Gasteiger partial charge in [-0.05, 0) is 23.3 Å². The first kappa shape index (κ1) is 11.9. The Balaban J connectivity index is 3.14. The zero-order valence-electron chi connectivity index (χ0n) is 7.55. The van der Waals surface area contributed by atoms with Crippen molar-refractivity contribution in [3.8, 4) is 0 Å². The van der Waals surface area contributed by atoms with Crippen LogP contribution in [0.4, 0.5) is 17.6 Å². The van der Waals surface area contributed by atoms with Gasteiger partial charge in [-0.25, -0.2) is 4.39 Å². The van der Waals surface area contributed by atoms with Crippen molar-refractivity contribution in [2.24, 2.45) is 5.73 Å². The van der Waals surface area contributed by atoms with E-state index in [-0.39, 0.29) is 11.1 Å². The topological polar surface area (TPSA) is 46.2 Å². The monoisotopic (exact) mass is 223 g/mol. The van der Waals surface area contributed by atoms with Crippen LogP contribution in [-0.2, 0) is 6.61 Å². The molecule has 1 aromatic rings.